The first-order chi connectivity index (χ1) is 12.4. The number of fused-ring (bicyclic) bond motifs is 3. The Morgan fingerprint density at radius 2 is 2.04 bits per heavy atom. The number of benzene rings is 2. The molecule has 1 atom stereocenters. The summed E-state index contributed by atoms with van der Waals surface area (Å²) in [5.74, 6) is 1.60. The average molecular weight is 337 g/mol. The average Bonchev–Trinajstić information content (AvgIpc) is 3.14. The summed E-state index contributed by atoms with van der Waals surface area (Å²) >= 11 is 0. The number of hydrogen-bond donors (Lipinski definition) is 2. The predicted octanol–water partition coefficient (Wildman–Crippen LogP) is 3.32. The molecule has 0 radical (unpaired) electrons. The highest BCUT2D eigenvalue weighted by atomic mass is 16.6. The molecule has 2 aromatic carbocycles. The summed E-state index contributed by atoms with van der Waals surface area (Å²) in [4.78, 5) is 0. The van der Waals surface area contributed by atoms with Crippen molar-refractivity contribution >= 4 is 10.9 Å². The number of hydrogen-bond acceptors (Lipinski definition) is 4. The molecular weight excluding hydrogens is 314 g/mol. The van der Waals surface area contributed by atoms with Gasteiger partial charge in [-0.25, -0.2) is 0 Å². The Balaban J connectivity index is 1.21. The topological polar surface area (TPSA) is 59.2 Å². The zero-order valence-electron chi connectivity index (χ0n) is 14.2. The minimum atomic E-state index is 0.0297. The van der Waals surface area contributed by atoms with Gasteiger partial charge >= 0.3 is 0 Å². The maximum atomic E-state index is 6.13. The summed E-state index contributed by atoms with van der Waals surface area (Å²) < 4.78 is 12.0. The second kappa shape index (κ2) is 7.57. The molecule has 0 bridgehead atoms. The Hall–Kier alpha value is -2.53. The molecule has 0 amide bonds. The Morgan fingerprint density at radius 1 is 1.12 bits per heavy atom. The molecule has 3 aromatic rings. The SMILES string of the molecule is c1ccc(CCCCNCC2COc3ccc4[nH]ncc4c3O2)cc1. The number of aryl methyl sites for hydroxylation is 1. The van der Waals surface area contributed by atoms with Gasteiger partial charge in [0.2, 0.25) is 0 Å². The molecular formula is C20H23N3O2. The van der Waals surface area contributed by atoms with E-state index in [1.54, 1.807) is 6.20 Å². The third-order valence-electron chi connectivity index (χ3n) is 4.53. The van der Waals surface area contributed by atoms with E-state index in [1.807, 2.05) is 12.1 Å². The molecule has 1 unspecified atom stereocenters. The fraction of sp³-hybridized carbons (Fsp3) is 0.350. The van der Waals surface area contributed by atoms with Gasteiger partial charge in [0.15, 0.2) is 11.5 Å². The van der Waals surface area contributed by atoms with Crippen molar-refractivity contribution in [2.45, 2.75) is 25.4 Å². The maximum absolute atomic E-state index is 6.13. The van der Waals surface area contributed by atoms with Crippen LogP contribution in [0.25, 0.3) is 10.9 Å². The summed E-state index contributed by atoms with van der Waals surface area (Å²) in [6.45, 7) is 2.36. The lowest BCUT2D eigenvalue weighted by Gasteiger charge is -2.27. The molecule has 0 aliphatic carbocycles. The number of rotatable bonds is 7. The highest BCUT2D eigenvalue weighted by Crippen LogP contribution is 2.37. The molecule has 5 nitrogen and oxygen atoms in total. The van der Waals surface area contributed by atoms with Crippen molar-refractivity contribution in [3.63, 3.8) is 0 Å². The van der Waals surface area contributed by atoms with Gasteiger partial charge in [-0.3, -0.25) is 5.10 Å². The van der Waals surface area contributed by atoms with Gasteiger partial charge in [0.25, 0.3) is 0 Å². The first-order valence-corrected chi connectivity index (χ1v) is 8.90. The summed E-state index contributed by atoms with van der Waals surface area (Å²) in [5, 5.41) is 11.5. The molecule has 130 valence electrons. The van der Waals surface area contributed by atoms with Crippen molar-refractivity contribution in [1.29, 1.82) is 0 Å². The van der Waals surface area contributed by atoms with E-state index in [4.69, 9.17) is 9.47 Å². The molecule has 25 heavy (non-hydrogen) atoms. The summed E-state index contributed by atoms with van der Waals surface area (Å²) in [6, 6.07) is 14.5. The number of nitrogens with zero attached hydrogens (tertiary/aromatic N) is 1. The Morgan fingerprint density at radius 3 is 2.96 bits per heavy atom. The van der Waals surface area contributed by atoms with E-state index in [-0.39, 0.29) is 6.10 Å². The quantitative estimate of drug-likeness (QED) is 0.649. The largest absolute Gasteiger partial charge is 0.486 e. The molecule has 1 aromatic heterocycles. The monoisotopic (exact) mass is 337 g/mol. The van der Waals surface area contributed by atoms with Crippen molar-refractivity contribution in [3.8, 4) is 11.5 Å². The Bertz CT molecular complexity index is 816. The van der Waals surface area contributed by atoms with Crippen LogP contribution in [0.5, 0.6) is 11.5 Å². The van der Waals surface area contributed by atoms with Crippen LogP contribution in [0, 0.1) is 0 Å². The van der Waals surface area contributed by atoms with Crippen LogP contribution >= 0.6 is 0 Å². The molecule has 0 spiro atoms. The molecule has 5 heteroatoms. The normalized spacial score (nSPS) is 16.2. The van der Waals surface area contributed by atoms with Crippen molar-refractivity contribution in [2.24, 2.45) is 0 Å². The minimum absolute atomic E-state index is 0.0297. The lowest BCUT2D eigenvalue weighted by atomic mass is 10.1. The lowest BCUT2D eigenvalue weighted by molar-refractivity contribution is 0.0925. The van der Waals surface area contributed by atoms with Crippen LogP contribution in [0.15, 0.2) is 48.7 Å². The van der Waals surface area contributed by atoms with Gasteiger partial charge in [0.05, 0.1) is 17.1 Å². The van der Waals surface area contributed by atoms with Crippen LogP contribution < -0.4 is 14.8 Å². The van der Waals surface area contributed by atoms with Crippen LogP contribution in [0.2, 0.25) is 0 Å². The summed E-state index contributed by atoms with van der Waals surface area (Å²) in [5.41, 5.74) is 2.38. The maximum Gasteiger partial charge on any atom is 0.172 e. The van der Waals surface area contributed by atoms with Gasteiger partial charge in [-0.15, -0.1) is 0 Å². The van der Waals surface area contributed by atoms with Gasteiger partial charge in [-0.2, -0.15) is 5.10 Å². The Labute approximate surface area is 147 Å². The number of aromatic nitrogens is 2. The van der Waals surface area contributed by atoms with E-state index in [0.717, 1.165) is 48.3 Å². The zero-order valence-corrected chi connectivity index (χ0v) is 14.2. The number of unbranched alkanes of at least 4 members (excludes halogenated alkanes) is 1. The Kier molecular flexibility index (Phi) is 4.84. The molecule has 2 heterocycles. The van der Waals surface area contributed by atoms with Gasteiger partial charge in [-0.05, 0) is 43.5 Å². The molecule has 2 N–H and O–H groups in total. The lowest BCUT2D eigenvalue weighted by Crippen LogP contribution is -2.38. The minimum Gasteiger partial charge on any atom is -0.486 e. The smallest absolute Gasteiger partial charge is 0.172 e. The second-order valence-corrected chi connectivity index (χ2v) is 6.42. The molecule has 0 fully saturated rings. The highest BCUT2D eigenvalue weighted by Gasteiger charge is 2.23. The van der Waals surface area contributed by atoms with Crippen molar-refractivity contribution < 1.29 is 9.47 Å². The van der Waals surface area contributed by atoms with E-state index in [9.17, 15) is 0 Å². The standard InChI is InChI=1S/C20H23N3O2/c1-2-6-15(7-3-1)8-4-5-11-21-12-16-14-24-19-10-9-18-17(13-22-23-18)20(19)25-16/h1-3,6-7,9-10,13,16,21H,4-5,8,11-12,14H2,(H,22,23). The third kappa shape index (κ3) is 3.77. The molecule has 0 saturated carbocycles. The highest BCUT2D eigenvalue weighted by molar-refractivity contribution is 5.87. The third-order valence-corrected chi connectivity index (χ3v) is 4.53. The van der Waals surface area contributed by atoms with Crippen LogP contribution in [-0.2, 0) is 6.42 Å². The van der Waals surface area contributed by atoms with Gasteiger partial charge < -0.3 is 14.8 Å². The number of ether oxygens (including phenoxy) is 2. The van der Waals surface area contributed by atoms with Crippen LogP contribution in [0.3, 0.4) is 0 Å². The van der Waals surface area contributed by atoms with Crippen molar-refractivity contribution in [2.75, 3.05) is 19.7 Å². The van der Waals surface area contributed by atoms with Gasteiger partial charge in [0.1, 0.15) is 12.7 Å². The number of nitrogens with one attached hydrogen (secondary N) is 2. The molecule has 0 saturated heterocycles. The van der Waals surface area contributed by atoms with E-state index in [2.05, 4.69) is 45.8 Å². The zero-order chi connectivity index (χ0) is 16.9. The van der Waals surface area contributed by atoms with Crippen LogP contribution in [0.4, 0.5) is 0 Å². The van der Waals surface area contributed by atoms with Crippen LogP contribution in [-0.4, -0.2) is 36.0 Å². The number of H-pyrrole nitrogens is 1. The molecule has 1 aliphatic rings. The summed E-state index contributed by atoms with van der Waals surface area (Å²) in [7, 11) is 0. The van der Waals surface area contributed by atoms with E-state index >= 15 is 0 Å². The molecule has 1 aliphatic heterocycles. The van der Waals surface area contributed by atoms with Crippen molar-refractivity contribution in [3.05, 3.63) is 54.2 Å². The number of aromatic amines is 1. The summed E-state index contributed by atoms with van der Waals surface area (Å²) in [6.07, 6.45) is 5.30. The second-order valence-electron chi connectivity index (χ2n) is 6.42. The first kappa shape index (κ1) is 16.0. The van der Waals surface area contributed by atoms with Crippen molar-refractivity contribution in [1.82, 2.24) is 15.5 Å². The van der Waals surface area contributed by atoms with E-state index in [1.165, 1.54) is 12.0 Å². The predicted molar refractivity (Wildman–Crippen MR) is 98.3 cm³/mol. The van der Waals surface area contributed by atoms with E-state index in [0.29, 0.717) is 6.61 Å². The van der Waals surface area contributed by atoms with Crippen LogP contribution in [0.1, 0.15) is 18.4 Å². The van der Waals surface area contributed by atoms with E-state index < -0.39 is 0 Å². The fourth-order valence-electron chi connectivity index (χ4n) is 3.18. The first-order valence-electron chi connectivity index (χ1n) is 8.90. The van der Waals surface area contributed by atoms with Gasteiger partial charge in [-0.1, -0.05) is 30.3 Å². The fourth-order valence-corrected chi connectivity index (χ4v) is 3.18. The molecule has 4 rings (SSSR count). The van der Waals surface area contributed by atoms with Gasteiger partial charge in [0, 0.05) is 6.54 Å².